The molecule has 5 N–H and O–H groups in total. The van der Waals surface area contributed by atoms with Crippen LogP contribution >= 0.6 is 0 Å². The Morgan fingerprint density at radius 1 is 1.09 bits per heavy atom. The number of phenols is 1. The fourth-order valence-corrected chi connectivity index (χ4v) is 1.94. The monoisotopic (exact) mass is 316 g/mol. The average Bonchev–Trinajstić information content (AvgIpc) is 2.41. The molecule has 0 aliphatic heterocycles. The highest BCUT2D eigenvalue weighted by atomic mass is 19.4. The number of hydrogen-bond donors (Lipinski definition) is 3. The van der Waals surface area contributed by atoms with Gasteiger partial charge < -0.3 is 21.3 Å². The number of nitrogen functional groups attached to an aromatic ring is 1. The highest BCUT2D eigenvalue weighted by molar-refractivity contribution is 5.58. The number of hydrogen-bond acceptors (Lipinski definition) is 4. The minimum absolute atomic E-state index is 0.0296. The van der Waals surface area contributed by atoms with Crippen LogP contribution in [0.25, 0.3) is 0 Å². The first-order valence-corrected chi connectivity index (χ1v) is 6.06. The summed E-state index contributed by atoms with van der Waals surface area (Å²) in [7, 11) is 0. The van der Waals surface area contributed by atoms with Crippen molar-refractivity contribution in [2.45, 2.75) is 12.4 Å². The van der Waals surface area contributed by atoms with E-state index in [1.807, 2.05) is 0 Å². The number of anilines is 1. The maximum atomic E-state index is 13.3. The lowest BCUT2D eigenvalue weighted by atomic mass is 9.98. The summed E-state index contributed by atoms with van der Waals surface area (Å²) in [4.78, 5) is 0. The molecule has 2 aromatic carbocycles. The van der Waals surface area contributed by atoms with Crippen molar-refractivity contribution in [2.24, 2.45) is 5.73 Å². The van der Waals surface area contributed by atoms with Crippen LogP contribution in [0.1, 0.15) is 17.2 Å². The summed E-state index contributed by atoms with van der Waals surface area (Å²) >= 11 is 0. The third kappa shape index (κ3) is 3.59. The lowest BCUT2D eigenvalue weighted by molar-refractivity contribution is -0.274. The topological polar surface area (TPSA) is 81.5 Å². The third-order valence-electron chi connectivity index (χ3n) is 2.94. The van der Waals surface area contributed by atoms with Crippen LogP contribution in [0.3, 0.4) is 0 Å². The molecule has 0 saturated carbocycles. The number of aromatic hydroxyl groups is 1. The molecule has 0 heterocycles. The number of ether oxygens (including phenoxy) is 1. The van der Waals surface area contributed by atoms with Gasteiger partial charge in [0.05, 0.1) is 11.7 Å². The molecule has 1 atom stereocenters. The number of nitrogens with two attached hydrogens (primary N) is 2. The SMILES string of the molecule is Nc1cc(F)cc([C@H](N)c2ccc(OC(F)(F)F)cc2)c1O. The Kier molecular flexibility index (Phi) is 4.14. The molecule has 0 unspecified atom stereocenters. The summed E-state index contributed by atoms with van der Waals surface area (Å²) < 4.78 is 53.3. The Morgan fingerprint density at radius 3 is 2.23 bits per heavy atom. The van der Waals surface area contributed by atoms with Gasteiger partial charge >= 0.3 is 6.36 Å². The maximum Gasteiger partial charge on any atom is 0.573 e. The highest BCUT2D eigenvalue weighted by Crippen LogP contribution is 2.34. The van der Waals surface area contributed by atoms with E-state index < -0.39 is 24.0 Å². The molecule has 0 spiro atoms. The Morgan fingerprint density at radius 2 is 1.68 bits per heavy atom. The van der Waals surface area contributed by atoms with Crippen molar-refractivity contribution in [3.63, 3.8) is 0 Å². The molecule has 0 aromatic heterocycles. The minimum Gasteiger partial charge on any atom is -0.505 e. The van der Waals surface area contributed by atoms with E-state index in [-0.39, 0.29) is 17.0 Å². The zero-order chi connectivity index (χ0) is 16.5. The molecule has 2 rings (SSSR count). The van der Waals surface area contributed by atoms with Gasteiger partial charge in [-0.25, -0.2) is 4.39 Å². The van der Waals surface area contributed by atoms with Crippen LogP contribution in [0.4, 0.5) is 23.2 Å². The molecular weight excluding hydrogens is 304 g/mol. The van der Waals surface area contributed by atoms with Crippen LogP contribution in [0.15, 0.2) is 36.4 Å². The van der Waals surface area contributed by atoms with Crippen molar-refractivity contribution < 1.29 is 27.4 Å². The Bertz CT molecular complexity index is 672. The summed E-state index contributed by atoms with van der Waals surface area (Å²) in [5, 5.41) is 9.82. The van der Waals surface area contributed by atoms with E-state index in [0.29, 0.717) is 5.56 Å². The van der Waals surface area contributed by atoms with Gasteiger partial charge in [-0.05, 0) is 23.8 Å². The number of halogens is 4. The predicted octanol–water partition coefficient (Wildman–Crippen LogP) is 3.06. The summed E-state index contributed by atoms with van der Waals surface area (Å²) in [5.41, 5.74) is 11.5. The molecule has 0 saturated heterocycles. The molecule has 0 aliphatic carbocycles. The zero-order valence-corrected chi connectivity index (χ0v) is 11.1. The number of rotatable bonds is 3. The summed E-state index contributed by atoms with van der Waals surface area (Å²) in [5.74, 6) is -1.46. The Hall–Kier alpha value is -2.48. The van der Waals surface area contributed by atoms with Crippen molar-refractivity contribution in [3.8, 4) is 11.5 Å². The van der Waals surface area contributed by atoms with Gasteiger partial charge in [0, 0.05) is 11.6 Å². The van der Waals surface area contributed by atoms with Gasteiger partial charge in [-0.2, -0.15) is 0 Å². The van der Waals surface area contributed by atoms with Gasteiger partial charge in [-0.15, -0.1) is 13.2 Å². The lowest BCUT2D eigenvalue weighted by Gasteiger charge is -2.16. The van der Waals surface area contributed by atoms with Gasteiger partial charge in [0.1, 0.15) is 17.3 Å². The first-order chi connectivity index (χ1) is 10.2. The summed E-state index contributed by atoms with van der Waals surface area (Å²) in [6.07, 6.45) is -4.79. The van der Waals surface area contributed by atoms with E-state index in [9.17, 15) is 22.7 Å². The number of benzene rings is 2. The molecule has 0 amide bonds. The molecule has 0 bridgehead atoms. The summed E-state index contributed by atoms with van der Waals surface area (Å²) in [6, 6.07) is 5.70. The lowest BCUT2D eigenvalue weighted by Crippen LogP contribution is -2.17. The molecule has 0 radical (unpaired) electrons. The fraction of sp³-hybridized carbons (Fsp3) is 0.143. The van der Waals surface area contributed by atoms with Gasteiger partial charge in [0.15, 0.2) is 0 Å². The quantitative estimate of drug-likeness (QED) is 0.462. The summed E-state index contributed by atoms with van der Waals surface area (Å²) in [6.45, 7) is 0. The highest BCUT2D eigenvalue weighted by Gasteiger charge is 2.31. The largest absolute Gasteiger partial charge is 0.573 e. The second-order valence-electron chi connectivity index (χ2n) is 4.53. The van der Waals surface area contributed by atoms with Crippen LogP contribution in [-0.4, -0.2) is 11.5 Å². The number of phenolic OH excluding ortho intramolecular Hbond substituents is 1. The van der Waals surface area contributed by atoms with E-state index in [2.05, 4.69) is 4.74 Å². The molecule has 4 nitrogen and oxygen atoms in total. The van der Waals surface area contributed by atoms with E-state index in [1.54, 1.807) is 0 Å². The van der Waals surface area contributed by atoms with Crippen LogP contribution in [0.2, 0.25) is 0 Å². The van der Waals surface area contributed by atoms with Crippen LogP contribution in [0.5, 0.6) is 11.5 Å². The van der Waals surface area contributed by atoms with Crippen molar-refractivity contribution in [1.82, 2.24) is 0 Å². The second-order valence-corrected chi connectivity index (χ2v) is 4.53. The standard InChI is InChI=1S/C14H12F4N2O2/c15-8-5-10(13(21)11(19)6-8)12(20)7-1-3-9(4-2-7)22-14(16,17)18/h1-6,12,21H,19-20H2/t12-/m1/s1. The smallest absolute Gasteiger partial charge is 0.505 e. The minimum atomic E-state index is -4.79. The van der Waals surface area contributed by atoms with Gasteiger partial charge in [0.2, 0.25) is 0 Å². The Labute approximate surface area is 122 Å². The van der Waals surface area contributed by atoms with Crippen molar-refractivity contribution >= 4 is 5.69 Å². The van der Waals surface area contributed by atoms with Crippen molar-refractivity contribution in [2.75, 3.05) is 5.73 Å². The third-order valence-corrected chi connectivity index (χ3v) is 2.94. The second kappa shape index (κ2) is 5.72. The van der Waals surface area contributed by atoms with E-state index in [4.69, 9.17) is 11.5 Å². The maximum absolute atomic E-state index is 13.3. The van der Waals surface area contributed by atoms with Gasteiger partial charge in [0.25, 0.3) is 0 Å². The predicted molar refractivity (Wildman–Crippen MR) is 71.6 cm³/mol. The van der Waals surface area contributed by atoms with Gasteiger partial charge in [-0.3, -0.25) is 0 Å². The molecule has 118 valence electrons. The average molecular weight is 316 g/mol. The normalized spacial score (nSPS) is 13.0. The van der Waals surface area contributed by atoms with Crippen LogP contribution in [-0.2, 0) is 0 Å². The number of alkyl halides is 3. The van der Waals surface area contributed by atoms with E-state index >= 15 is 0 Å². The Balaban J connectivity index is 2.29. The van der Waals surface area contributed by atoms with Crippen LogP contribution < -0.4 is 16.2 Å². The van der Waals surface area contributed by atoms with Crippen molar-refractivity contribution in [1.29, 1.82) is 0 Å². The zero-order valence-electron chi connectivity index (χ0n) is 11.1. The molecular formula is C14H12F4N2O2. The first kappa shape index (κ1) is 15.9. The molecule has 8 heteroatoms. The molecule has 2 aromatic rings. The van der Waals surface area contributed by atoms with E-state index in [0.717, 1.165) is 24.3 Å². The molecule has 22 heavy (non-hydrogen) atoms. The van der Waals surface area contributed by atoms with Crippen molar-refractivity contribution in [3.05, 3.63) is 53.3 Å². The fourth-order valence-electron chi connectivity index (χ4n) is 1.94. The molecule has 0 aliphatic rings. The molecule has 0 fully saturated rings. The van der Waals surface area contributed by atoms with E-state index in [1.165, 1.54) is 12.1 Å². The first-order valence-electron chi connectivity index (χ1n) is 6.06. The van der Waals surface area contributed by atoms with Gasteiger partial charge in [-0.1, -0.05) is 12.1 Å². The van der Waals surface area contributed by atoms with Crippen LogP contribution in [0, 0.1) is 5.82 Å².